The lowest BCUT2D eigenvalue weighted by atomic mass is 10.2. The minimum absolute atomic E-state index is 0. The molecule has 1 unspecified atom stereocenters. The molecule has 1 aliphatic rings. The molecule has 0 saturated carbocycles. The first-order valence-corrected chi connectivity index (χ1v) is 9.12. The van der Waals surface area contributed by atoms with Crippen molar-refractivity contribution in [1.82, 2.24) is 4.90 Å². The smallest absolute Gasteiger partial charge is 0.193 e. The van der Waals surface area contributed by atoms with Gasteiger partial charge >= 0.3 is 0 Å². The zero-order chi connectivity index (χ0) is 16.8. The molecule has 1 aromatic carbocycles. The number of benzene rings is 1. The molecule has 2 heterocycles. The number of hydrogen-bond acceptors (Lipinski definition) is 4. The molecule has 7 heteroatoms. The van der Waals surface area contributed by atoms with Gasteiger partial charge in [0.2, 0.25) is 0 Å². The zero-order valence-electron chi connectivity index (χ0n) is 14.4. The summed E-state index contributed by atoms with van der Waals surface area (Å²) in [6, 6.07) is 12.3. The second-order valence-corrected chi connectivity index (χ2v) is 6.84. The summed E-state index contributed by atoms with van der Waals surface area (Å²) in [7, 11) is 1.65. The number of likely N-dealkylation sites (tertiary alicyclic amines) is 1. The van der Waals surface area contributed by atoms with E-state index in [0.29, 0.717) is 18.5 Å². The van der Waals surface area contributed by atoms with E-state index in [-0.39, 0.29) is 24.0 Å². The quantitative estimate of drug-likeness (QED) is 0.380. The van der Waals surface area contributed by atoms with Crippen molar-refractivity contribution < 1.29 is 4.74 Å². The predicted octanol–water partition coefficient (Wildman–Crippen LogP) is 3.94. The monoisotopic (exact) mass is 472 g/mol. The Kier molecular flexibility index (Phi) is 7.98. The van der Waals surface area contributed by atoms with Crippen LogP contribution in [0.4, 0.5) is 5.69 Å². The Hall–Kier alpha value is -1.32. The van der Waals surface area contributed by atoms with Gasteiger partial charge in [0.15, 0.2) is 5.96 Å². The number of hydrogen-bond donors (Lipinski definition) is 2. The number of nitrogens with one attached hydrogen (secondary N) is 1. The molecule has 0 radical (unpaired) electrons. The summed E-state index contributed by atoms with van der Waals surface area (Å²) in [5.74, 6) is 1.23. The minimum atomic E-state index is 0. The Morgan fingerprint density at radius 3 is 2.80 bits per heavy atom. The van der Waals surface area contributed by atoms with Crippen molar-refractivity contribution in [2.75, 3.05) is 32.1 Å². The van der Waals surface area contributed by atoms with E-state index in [0.717, 1.165) is 24.5 Å². The first-order chi connectivity index (χ1) is 11.8. The van der Waals surface area contributed by atoms with E-state index in [1.807, 2.05) is 24.3 Å². The van der Waals surface area contributed by atoms with Crippen LogP contribution in [0.3, 0.4) is 0 Å². The number of nitrogens with two attached hydrogens (primary N) is 1. The lowest BCUT2D eigenvalue weighted by molar-refractivity contribution is 0.255. The Labute approximate surface area is 170 Å². The molecule has 1 saturated heterocycles. The molecule has 3 N–H and O–H groups in total. The van der Waals surface area contributed by atoms with Crippen molar-refractivity contribution in [3.05, 3.63) is 46.7 Å². The molecular formula is C18H25IN4OS. The summed E-state index contributed by atoms with van der Waals surface area (Å²) < 4.78 is 5.23. The highest BCUT2D eigenvalue weighted by molar-refractivity contribution is 14.0. The van der Waals surface area contributed by atoms with Crippen molar-refractivity contribution in [3.63, 3.8) is 0 Å². The van der Waals surface area contributed by atoms with Crippen molar-refractivity contribution in [2.24, 2.45) is 10.7 Å². The number of aliphatic imine (C=N–C) groups is 1. The third-order valence-corrected chi connectivity index (χ3v) is 5.20. The summed E-state index contributed by atoms with van der Waals surface area (Å²) in [4.78, 5) is 8.45. The van der Waals surface area contributed by atoms with E-state index in [2.05, 4.69) is 32.7 Å². The fourth-order valence-electron chi connectivity index (χ4n) is 2.99. The molecule has 0 aliphatic carbocycles. The van der Waals surface area contributed by atoms with E-state index in [9.17, 15) is 0 Å². The van der Waals surface area contributed by atoms with Crippen LogP contribution >= 0.6 is 35.3 Å². The fourth-order valence-corrected chi connectivity index (χ4v) is 3.84. The highest BCUT2D eigenvalue weighted by atomic mass is 127. The first kappa shape index (κ1) is 20.0. The number of methoxy groups -OCH3 is 1. The van der Waals surface area contributed by atoms with E-state index < -0.39 is 0 Å². The van der Waals surface area contributed by atoms with Crippen LogP contribution in [0.1, 0.15) is 23.8 Å². The standard InChI is InChI=1S/C18H24N4OS.HI/c1-23-15-7-4-6-14(12-15)21-18(19)20-13-16(17-8-5-11-24-17)22-9-2-3-10-22;/h4-8,11-12,16H,2-3,9-10,13H2,1H3,(H3,19,20,21);1H. The van der Waals surface area contributed by atoms with Gasteiger partial charge in [-0.25, -0.2) is 0 Å². The normalized spacial score (nSPS) is 16.3. The van der Waals surface area contributed by atoms with Crippen LogP contribution in [0.25, 0.3) is 0 Å². The van der Waals surface area contributed by atoms with Crippen LogP contribution in [0.15, 0.2) is 46.8 Å². The maximum Gasteiger partial charge on any atom is 0.193 e. The zero-order valence-corrected chi connectivity index (χ0v) is 17.5. The number of halogens is 1. The molecule has 1 aromatic heterocycles. The number of rotatable bonds is 6. The van der Waals surface area contributed by atoms with Crippen LogP contribution in [0.2, 0.25) is 0 Å². The molecule has 1 aliphatic heterocycles. The molecule has 2 aromatic rings. The van der Waals surface area contributed by atoms with E-state index >= 15 is 0 Å². The molecule has 3 rings (SSSR count). The predicted molar refractivity (Wildman–Crippen MR) is 116 cm³/mol. The molecule has 25 heavy (non-hydrogen) atoms. The Balaban J connectivity index is 0.00000225. The average Bonchev–Trinajstić information content (AvgIpc) is 3.29. The number of anilines is 1. The van der Waals surface area contributed by atoms with E-state index in [4.69, 9.17) is 10.5 Å². The summed E-state index contributed by atoms with van der Waals surface area (Å²) in [5, 5.41) is 5.27. The van der Waals surface area contributed by atoms with Gasteiger partial charge in [-0.05, 0) is 49.5 Å². The van der Waals surface area contributed by atoms with Gasteiger partial charge in [0.25, 0.3) is 0 Å². The topological polar surface area (TPSA) is 62.9 Å². The molecular weight excluding hydrogens is 447 g/mol. The lowest BCUT2D eigenvalue weighted by Crippen LogP contribution is -2.29. The van der Waals surface area contributed by atoms with Crippen molar-refractivity contribution in [3.8, 4) is 5.75 Å². The Morgan fingerprint density at radius 1 is 1.32 bits per heavy atom. The second-order valence-electron chi connectivity index (χ2n) is 5.86. The van der Waals surface area contributed by atoms with Gasteiger partial charge in [-0.3, -0.25) is 9.89 Å². The third kappa shape index (κ3) is 5.58. The minimum Gasteiger partial charge on any atom is -0.497 e. The van der Waals surface area contributed by atoms with Crippen LogP contribution < -0.4 is 15.8 Å². The fraction of sp³-hybridized carbons (Fsp3) is 0.389. The van der Waals surface area contributed by atoms with Crippen molar-refractivity contribution >= 4 is 47.0 Å². The number of ether oxygens (including phenoxy) is 1. The molecule has 1 atom stereocenters. The van der Waals surface area contributed by atoms with Gasteiger partial charge in [0.1, 0.15) is 5.75 Å². The van der Waals surface area contributed by atoms with Gasteiger partial charge in [-0.15, -0.1) is 35.3 Å². The summed E-state index contributed by atoms with van der Waals surface area (Å²) in [5.41, 5.74) is 6.96. The lowest BCUT2D eigenvalue weighted by Gasteiger charge is -2.25. The Bertz CT molecular complexity index is 671. The van der Waals surface area contributed by atoms with Crippen LogP contribution in [0, 0.1) is 0 Å². The van der Waals surface area contributed by atoms with Crippen LogP contribution in [-0.4, -0.2) is 37.6 Å². The highest BCUT2D eigenvalue weighted by Crippen LogP contribution is 2.28. The van der Waals surface area contributed by atoms with E-state index in [1.54, 1.807) is 18.4 Å². The number of guanidine groups is 1. The number of nitrogens with zero attached hydrogens (tertiary/aromatic N) is 2. The van der Waals surface area contributed by atoms with Crippen LogP contribution in [-0.2, 0) is 0 Å². The third-order valence-electron chi connectivity index (χ3n) is 4.23. The molecule has 1 fully saturated rings. The summed E-state index contributed by atoms with van der Waals surface area (Å²) >= 11 is 1.79. The van der Waals surface area contributed by atoms with Gasteiger partial charge < -0.3 is 15.8 Å². The maximum absolute atomic E-state index is 6.08. The van der Waals surface area contributed by atoms with Gasteiger partial charge in [0, 0.05) is 16.6 Å². The van der Waals surface area contributed by atoms with Gasteiger partial charge in [-0.2, -0.15) is 0 Å². The molecule has 5 nitrogen and oxygen atoms in total. The highest BCUT2D eigenvalue weighted by Gasteiger charge is 2.23. The average molecular weight is 472 g/mol. The number of thiophene rings is 1. The van der Waals surface area contributed by atoms with Crippen molar-refractivity contribution in [1.29, 1.82) is 0 Å². The Morgan fingerprint density at radius 2 is 2.12 bits per heavy atom. The van der Waals surface area contributed by atoms with Crippen molar-refractivity contribution in [2.45, 2.75) is 18.9 Å². The molecule has 0 amide bonds. The summed E-state index contributed by atoms with van der Waals surface area (Å²) in [6.07, 6.45) is 2.53. The summed E-state index contributed by atoms with van der Waals surface area (Å²) in [6.45, 7) is 2.95. The largest absolute Gasteiger partial charge is 0.497 e. The van der Waals surface area contributed by atoms with Gasteiger partial charge in [-0.1, -0.05) is 12.1 Å². The molecule has 0 spiro atoms. The SMILES string of the molecule is COc1cccc(NC(N)=NCC(c2cccs2)N2CCCC2)c1.I. The van der Waals surface area contributed by atoms with E-state index in [1.165, 1.54) is 17.7 Å². The van der Waals surface area contributed by atoms with Crippen LogP contribution in [0.5, 0.6) is 5.75 Å². The molecule has 136 valence electrons. The first-order valence-electron chi connectivity index (χ1n) is 8.24. The second kappa shape index (κ2) is 9.98. The van der Waals surface area contributed by atoms with Gasteiger partial charge in [0.05, 0.1) is 19.7 Å². The molecule has 0 bridgehead atoms. The maximum atomic E-state index is 6.08.